The number of primary amides is 1. The monoisotopic (exact) mass is 219 g/mol. The molecule has 0 unspecified atom stereocenters. The molecule has 6 heteroatoms. The molecule has 0 aromatic carbocycles. The molecule has 2 N–H and O–H groups in total. The van der Waals surface area contributed by atoms with Gasteiger partial charge in [-0.05, 0) is 0 Å². The molecule has 1 aliphatic heterocycles. The van der Waals surface area contributed by atoms with Gasteiger partial charge in [0.15, 0.2) is 0 Å². The summed E-state index contributed by atoms with van der Waals surface area (Å²) in [5.41, 5.74) is 5.09. The average molecular weight is 219 g/mol. The van der Waals surface area contributed by atoms with Crippen molar-refractivity contribution in [2.75, 3.05) is 19.5 Å². The summed E-state index contributed by atoms with van der Waals surface area (Å²) in [5.74, 6) is -0.0893. The molecule has 0 saturated carbocycles. The molecule has 1 heterocycles. The summed E-state index contributed by atoms with van der Waals surface area (Å²) in [6.07, 6.45) is 0.115. The van der Waals surface area contributed by atoms with Crippen LogP contribution in [0.2, 0.25) is 0 Å². The molecule has 1 amide bonds. The molecule has 1 atom stereocenters. The summed E-state index contributed by atoms with van der Waals surface area (Å²) in [5, 5.41) is 0. The van der Waals surface area contributed by atoms with Gasteiger partial charge in [-0.1, -0.05) is 0 Å². The molecule has 0 aromatic rings. The summed E-state index contributed by atoms with van der Waals surface area (Å²) in [6, 6.07) is 0. The Balaban J connectivity index is 2.61. The number of amides is 1. The fourth-order valence-electron chi connectivity index (χ4n) is 1.32. The van der Waals surface area contributed by atoms with Crippen LogP contribution in [-0.4, -0.2) is 36.3 Å². The van der Waals surface area contributed by atoms with Gasteiger partial charge in [0.25, 0.3) is 0 Å². The van der Waals surface area contributed by atoms with Gasteiger partial charge in [0.05, 0.1) is 26.6 Å². The molecule has 1 aliphatic rings. The Morgan fingerprint density at radius 1 is 1.57 bits per heavy atom. The zero-order valence-corrected chi connectivity index (χ0v) is 8.76. The minimum atomic E-state index is -0.793. The van der Waals surface area contributed by atoms with Crippen LogP contribution in [0, 0.1) is 0 Å². The smallest absolute Gasteiger partial charge is 0.309 e. The second-order valence-electron chi connectivity index (χ2n) is 3.00. The van der Waals surface area contributed by atoms with Gasteiger partial charge in [0, 0.05) is 5.75 Å². The van der Waals surface area contributed by atoms with E-state index in [4.69, 9.17) is 10.5 Å². The van der Waals surface area contributed by atoms with Crippen LogP contribution in [0.25, 0.3) is 0 Å². The summed E-state index contributed by atoms with van der Waals surface area (Å²) >= 11 is 1.44. The highest BCUT2D eigenvalue weighted by molar-refractivity contribution is 8.00. The lowest BCUT2D eigenvalue weighted by Gasteiger charge is -2.24. The zero-order chi connectivity index (χ0) is 10.6. The molecule has 1 fully saturated rings. The van der Waals surface area contributed by atoms with E-state index in [-0.39, 0.29) is 18.8 Å². The van der Waals surface area contributed by atoms with Crippen LogP contribution in [0.4, 0.5) is 0 Å². The van der Waals surface area contributed by atoms with Crippen LogP contribution < -0.4 is 5.73 Å². The van der Waals surface area contributed by atoms with Crippen molar-refractivity contribution in [2.45, 2.75) is 17.8 Å². The van der Waals surface area contributed by atoms with Crippen molar-refractivity contribution in [1.82, 2.24) is 0 Å². The number of rotatable bonds is 4. The molecule has 80 valence electrons. The Bertz CT molecular complexity index is 237. The molecule has 0 spiro atoms. The highest BCUT2D eigenvalue weighted by atomic mass is 32.2. The van der Waals surface area contributed by atoms with E-state index >= 15 is 0 Å². The van der Waals surface area contributed by atoms with Crippen LogP contribution in [-0.2, 0) is 19.1 Å². The van der Waals surface area contributed by atoms with Crippen LogP contribution in [0.1, 0.15) is 12.8 Å². The molecule has 14 heavy (non-hydrogen) atoms. The number of carbonyl (C=O) groups is 2. The van der Waals surface area contributed by atoms with Crippen molar-refractivity contribution in [1.29, 1.82) is 0 Å². The van der Waals surface area contributed by atoms with Gasteiger partial charge in [-0.3, -0.25) is 9.59 Å². The number of esters is 1. The van der Waals surface area contributed by atoms with E-state index in [1.807, 2.05) is 0 Å². The van der Waals surface area contributed by atoms with E-state index in [9.17, 15) is 9.59 Å². The summed E-state index contributed by atoms with van der Waals surface area (Å²) in [4.78, 5) is 21.1. The number of hydrogen-bond acceptors (Lipinski definition) is 5. The van der Waals surface area contributed by atoms with Gasteiger partial charge in [0.1, 0.15) is 4.93 Å². The number of nitrogens with two attached hydrogens (primary N) is 1. The van der Waals surface area contributed by atoms with E-state index in [1.165, 1.54) is 18.9 Å². The van der Waals surface area contributed by atoms with Gasteiger partial charge in [-0.25, -0.2) is 0 Å². The molecule has 5 nitrogen and oxygen atoms in total. The highest BCUT2D eigenvalue weighted by Crippen LogP contribution is 2.39. The van der Waals surface area contributed by atoms with Crippen LogP contribution in [0.5, 0.6) is 0 Å². The number of ether oxygens (including phenoxy) is 2. The van der Waals surface area contributed by atoms with Crippen molar-refractivity contribution >= 4 is 23.6 Å². The topological polar surface area (TPSA) is 78.6 Å². The minimum Gasteiger partial charge on any atom is -0.469 e. The molecular weight excluding hydrogens is 206 g/mol. The number of carbonyl (C=O) groups excluding carboxylic acids is 2. The zero-order valence-electron chi connectivity index (χ0n) is 7.95. The molecule has 1 rings (SSSR count). The van der Waals surface area contributed by atoms with Gasteiger partial charge in [0.2, 0.25) is 5.91 Å². The predicted molar refractivity (Wildman–Crippen MR) is 51.6 cm³/mol. The normalized spacial score (nSPS) is 26.1. The maximum Gasteiger partial charge on any atom is 0.309 e. The van der Waals surface area contributed by atoms with Crippen molar-refractivity contribution in [3.8, 4) is 0 Å². The number of hydrogen-bond donors (Lipinski definition) is 1. The Morgan fingerprint density at radius 2 is 2.29 bits per heavy atom. The Labute approximate surface area is 86.3 Å². The number of thioether (sulfide) groups is 1. The van der Waals surface area contributed by atoms with Crippen molar-refractivity contribution in [3.63, 3.8) is 0 Å². The molecule has 0 radical (unpaired) electrons. The Hall–Kier alpha value is -0.750. The van der Waals surface area contributed by atoms with Crippen LogP contribution in [0.15, 0.2) is 0 Å². The third-order valence-electron chi connectivity index (χ3n) is 1.90. The lowest BCUT2D eigenvalue weighted by Crippen LogP contribution is -2.34. The molecular formula is C8H13NO4S. The predicted octanol–water partition coefficient (Wildman–Crippen LogP) is -0.115. The van der Waals surface area contributed by atoms with Gasteiger partial charge >= 0.3 is 5.97 Å². The minimum absolute atomic E-state index is 0.0484. The lowest BCUT2D eigenvalue weighted by atomic mass is 10.1. The maximum atomic E-state index is 11.1. The Kier molecular flexibility index (Phi) is 3.77. The largest absolute Gasteiger partial charge is 0.469 e. The standard InChI is InChI=1S/C8H13NO4S/c1-12-7(11)5-8(4-6(9)10)13-2-3-14-8/h2-5H2,1H3,(H2,9,10)/t8-/m0/s1. The first-order valence-corrected chi connectivity index (χ1v) is 5.19. The van der Waals surface area contributed by atoms with E-state index < -0.39 is 10.8 Å². The number of methoxy groups -OCH3 is 1. The second-order valence-corrected chi connectivity index (χ2v) is 4.44. The maximum absolute atomic E-state index is 11.1. The van der Waals surface area contributed by atoms with E-state index in [2.05, 4.69) is 4.74 Å². The summed E-state index contributed by atoms with van der Waals surface area (Å²) in [7, 11) is 1.31. The van der Waals surface area contributed by atoms with Crippen molar-refractivity contribution in [2.24, 2.45) is 5.73 Å². The fourth-order valence-corrected chi connectivity index (χ4v) is 2.49. The third-order valence-corrected chi connectivity index (χ3v) is 3.20. The molecule has 0 bridgehead atoms. The van der Waals surface area contributed by atoms with Crippen LogP contribution >= 0.6 is 11.8 Å². The summed E-state index contributed by atoms with van der Waals surface area (Å²) < 4.78 is 9.92. The van der Waals surface area contributed by atoms with Crippen molar-refractivity contribution in [3.05, 3.63) is 0 Å². The molecule has 0 aliphatic carbocycles. The quantitative estimate of drug-likeness (QED) is 0.667. The first-order chi connectivity index (χ1) is 6.58. The SMILES string of the molecule is COC(=O)C[C@@]1(CC(N)=O)OCCS1. The molecule has 1 saturated heterocycles. The first kappa shape index (κ1) is 11.3. The van der Waals surface area contributed by atoms with Gasteiger partial charge in [-0.2, -0.15) is 0 Å². The third kappa shape index (κ3) is 2.88. The highest BCUT2D eigenvalue weighted by Gasteiger charge is 2.40. The van der Waals surface area contributed by atoms with Gasteiger partial charge in [-0.15, -0.1) is 11.8 Å². The Morgan fingerprint density at radius 3 is 2.71 bits per heavy atom. The van der Waals surface area contributed by atoms with Gasteiger partial charge < -0.3 is 15.2 Å². The lowest BCUT2D eigenvalue weighted by molar-refractivity contribution is -0.145. The van der Waals surface area contributed by atoms with Crippen molar-refractivity contribution < 1.29 is 19.1 Å². The van der Waals surface area contributed by atoms with Crippen LogP contribution in [0.3, 0.4) is 0 Å². The first-order valence-electron chi connectivity index (χ1n) is 4.21. The fraction of sp³-hybridized carbons (Fsp3) is 0.750. The second kappa shape index (κ2) is 4.65. The van der Waals surface area contributed by atoms with E-state index in [1.54, 1.807) is 0 Å². The van der Waals surface area contributed by atoms with E-state index in [0.717, 1.165) is 5.75 Å². The average Bonchev–Trinajstić information content (AvgIpc) is 2.51. The summed E-state index contributed by atoms with van der Waals surface area (Å²) in [6.45, 7) is 0.537. The van der Waals surface area contributed by atoms with E-state index in [0.29, 0.717) is 6.61 Å². The molecule has 0 aromatic heterocycles.